The third-order valence-electron chi connectivity index (χ3n) is 3.87. The standard InChI is InChI=1S/C17H18ClN5O/c1-11-15(12(2)22(3)20-11)17(24)19-16-14(18)10-23(21-16)9-13-7-5-4-6-8-13/h4-8,10H,9H2,1-3H3,(H,19,21,24). The van der Waals surface area contributed by atoms with Gasteiger partial charge in [0.05, 0.1) is 17.8 Å². The number of halogens is 1. The molecule has 124 valence electrons. The molecule has 0 spiro atoms. The van der Waals surface area contributed by atoms with Crippen LogP contribution in [0.25, 0.3) is 0 Å². The maximum atomic E-state index is 12.5. The Morgan fingerprint density at radius 3 is 2.54 bits per heavy atom. The Hall–Kier alpha value is -2.60. The average molecular weight is 344 g/mol. The summed E-state index contributed by atoms with van der Waals surface area (Å²) in [6.07, 6.45) is 1.70. The van der Waals surface area contributed by atoms with Crippen LogP contribution in [0.15, 0.2) is 36.5 Å². The van der Waals surface area contributed by atoms with Gasteiger partial charge in [0.25, 0.3) is 5.91 Å². The number of amides is 1. The lowest BCUT2D eigenvalue weighted by molar-refractivity contribution is 0.102. The molecule has 3 rings (SSSR count). The number of hydrogen-bond donors (Lipinski definition) is 1. The zero-order valence-electron chi connectivity index (χ0n) is 13.7. The van der Waals surface area contributed by atoms with Crippen LogP contribution >= 0.6 is 11.6 Å². The molecule has 0 aliphatic rings. The van der Waals surface area contributed by atoms with Crippen molar-refractivity contribution in [1.82, 2.24) is 19.6 Å². The Labute approximate surface area is 145 Å². The SMILES string of the molecule is Cc1nn(C)c(C)c1C(=O)Nc1nn(Cc2ccccc2)cc1Cl. The van der Waals surface area contributed by atoms with Crippen LogP contribution in [0.3, 0.4) is 0 Å². The first-order chi connectivity index (χ1) is 11.5. The summed E-state index contributed by atoms with van der Waals surface area (Å²) in [6, 6.07) is 9.92. The molecule has 7 heteroatoms. The van der Waals surface area contributed by atoms with Crippen molar-refractivity contribution in [3.63, 3.8) is 0 Å². The monoisotopic (exact) mass is 343 g/mol. The van der Waals surface area contributed by atoms with Crippen LogP contribution in [-0.4, -0.2) is 25.5 Å². The Morgan fingerprint density at radius 2 is 1.92 bits per heavy atom. The average Bonchev–Trinajstić information content (AvgIpc) is 2.99. The quantitative estimate of drug-likeness (QED) is 0.791. The molecule has 0 radical (unpaired) electrons. The van der Waals surface area contributed by atoms with E-state index < -0.39 is 0 Å². The molecule has 2 heterocycles. The fourth-order valence-corrected chi connectivity index (χ4v) is 2.80. The smallest absolute Gasteiger partial charge is 0.260 e. The third kappa shape index (κ3) is 3.19. The molecular weight excluding hydrogens is 326 g/mol. The zero-order chi connectivity index (χ0) is 17.3. The number of nitrogens with zero attached hydrogens (tertiary/aromatic N) is 4. The number of aromatic nitrogens is 4. The van der Waals surface area contributed by atoms with E-state index in [1.54, 1.807) is 29.5 Å². The second-order valence-corrected chi connectivity index (χ2v) is 6.04. The van der Waals surface area contributed by atoms with Crippen molar-refractivity contribution in [1.29, 1.82) is 0 Å². The van der Waals surface area contributed by atoms with Gasteiger partial charge in [-0.1, -0.05) is 41.9 Å². The van der Waals surface area contributed by atoms with E-state index in [2.05, 4.69) is 15.5 Å². The lowest BCUT2D eigenvalue weighted by atomic mass is 10.2. The number of hydrogen-bond acceptors (Lipinski definition) is 3. The first-order valence-electron chi connectivity index (χ1n) is 7.54. The predicted molar refractivity (Wildman–Crippen MR) is 93.4 cm³/mol. The van der Waals surface area contributed by atoms with Crippen molar-refractivity contribution in [2.75, 3.05) is 5.32 Å². The van der Waals surface area contributed by atoms with E-state index in [1.165, 1.54) is 0 Å². The van der Waals surface area contributed by atoms with Crippen molar-refractivity contribution in [3.8, 4) is 0 Å². The minimum absolute atomic E-state index is 0.259. The van der Waals surface area contributed by atoms with E-state index in [0.717, 1.165) is 11.3 Å². The molecule has 2 aromatic heterocycles. The minimum atomic E-state index is -0.259. The highest BCUT2D eigenvalue weighted by molar-refractivity contribution is 6.33. The van der Waals surface area contributed by atoms with E-state index in [9.17, 15) is 4.79 Å². The third-order valence-corrected chi connectivity index (χ3v) is 4.15. The molecule has 1 aromatic carbocycles. The van der Waals surface area contributed by atoms with Gasteiger partial charge >= 0.3 is 0 Å². The molecule has 0 atom stereocenters. The first-order valence-corrected chi connectivity index (χ1v) is 7.92. The lowest BCUT2D eigenvalue weighted by Crippen LogP contribution is -2.15. The second kappa shape index (κ2) is 6.49. The highest BCUT2D eigenvalue weighted by Crippen LogP contribution is 2.22. The molecule has 0 bridgehead atoms. The second-order valence-electron chi connectivity index (χ2n) is 5.63. The largest absolute Gasteiger partial charge is 0.304 e. The number of benzene rings is 1. The van der Waals surface area contributed by atoms with Crippen molar-refractivity contribution in [3.05, 3.63) is 64.1 Å². The van der Waals surface area contributed by atoms with E-state index in [0.29, 0.717) is 28.6 Å². The Morgan fingerprint density at radius 1 is 1.21 bits per heavy atom. The molecule has 1 amide bonds. The van der Waals surface area contributed by atoms with Crippen LogP contribution in [-0.2, 0) is 13.6 Å². The number of aryl methyl sites for hydroxylation is 2. The number of carbonyl (C=O) groups excluding carboxylic acids is 1. The van der Waals surface area contributed by atoms with Gasteiger partial charge in [0, 0.05) is 18.9 Å². The summed E-state index contributed by atoms with van der Waals surface area (Å²) in [7, 11) is 1.81. The van der Waals surface area contributed by atoms with Gasteiger partial charge in [0.15, 0.2) is 5.82 Å². The number of anilines is 1. The first kappa shape index (κ1) is 16.3. The summed E-state index contributed by atoms with van der Waals surface area (Å²) in [5, 5.41) is 11.8. The Kier molecular flexibility index (Phi) is 4.40. The fraction of sp³-hybridized carbons (Fsp3) is 0.235. The Balaban J connectivity index is 1.79. The summed E-state index contributed by atoms with van der Waals surface area (Å²) in [5.41, 5.74) is 3.12. The van der Waals surface area contributed by atoms with Crippen LogP contribution in [0.2, 0.25) is 5.02 Å². The molecule has 0 aliphatic carbocycles. The lowest BCUT2D eigenvalue weighted by Gasteiger charge is -2.04. The summed E-state index contributed by atoms with van der Waals surface area (Å²) in [4.78, 5) is 12.5. The van der Waals surface area contributed by atoms with Crippen LogP contribution in [0.5, 0.6) is 0 Å². The van der Waals surface area contributed by atoms with Gasteiger partial charge in [-0.15, -0.1) is 0 Å². The topological polar surface area (TPSA) is 64.7 Å². The zero-order valence-corrected chi connectivity index (χ0v) is 14.5. The molecular formula is C17H18ClN5O. The normalized spacial score (nSPS) is 10.8. The molecule has 1 N–H and O–H groups in total. The van der Waals surface area contributed by atoms with Gasteiger partial charge in [-0.2, -0.15) is 10.2 Å². The molecule has 6 nitrogen and oxygen atoms in total. The van der Waals surface area contributed by atoms with Gasteiger partial charge in [-0.25, -0.2) is 0 Å². The number of rotatable bonds is 4. The highest BCUT2D eigenvalue weighted by atomic mass is 35.5. The van der Waals surface area contributed by atoms with Gasteiger partial charge in [0.1, 0.15) is 5.02 Å². The maximum absolute atomic E-state index is 12.5. The van der Waals surface area contributed by atoms with E-state index in [1.807, 2.05) is 37.3 Å². The van der Waals surface area contributed by atoms with Gasteiger partial charge in [-0.3, -0.25) is 14.2 Å². The van der Waals surface area contributed by atoms with E-state index in [4.69, 9.17) is 11.6 Å². The summed E-state index contributed by atoms with van der Waals surface area (Å²) < 4.78 is 3.39. The number of carbonyl (C=O) groups is 1. The van der Waals surface area contributed by atoms with Gasteiger partial charge in [-0.05, 0) is 19.4 Å². The summed E-state index contributed by atoms with van der Waals surface area (Å²) in [6.45, 7) is 4.24. The molecule has 24 heavy (non-hydrogen) atoms. The minimum Gasteiger partial charge on any atom is -0.304 e. The molecule has 0 saturated heterocycles. The molecule has 0 saturated carbocycles. The summed E-state index contributed by atoms with van der Waals surface area (Å²) >= 11 is 6.21. The van der Waals surface area contributed by atoms with Crippen LogP contribution in [0, 0.1) is 13.8 Å². The molecule has 3 aromatic rings. The van der Waals surface area contributed by atoms with Crippen LogP contribution < -0.4 is 5.32 Å². The van der Waals surface area contributed by atoms with E-state index >= 15 is 0 Å². The molecule has 0 unspecified atom stereocenters. The van der Waals surface area contributed by atoms with E-state index in [-0.39, 0.29) is 5.91 Å². The van der Waals surface area contributed by atoms with Crippen LogP contribution in [0.1, 0.15) is 27.3 Å². The Bertz CT molecular complexity index is 882. The predicted octanol–water partition coefficient (Wildman–Crippen LogP) is 3.19. The van der Waals surface area contributed by atoms with Crippen molar-refractivity contribution in [2.45, 2.75) is 20.4 Å². The molecule has 0 aliphatic heterocycles. The van der Waals surface area contributed by atoms with Crippen molar-refractivity contribution in [2.24, 2.45) is 7.05 Å². The van der Waals surface area contributed by atoms with Gasteiger partial charge in [0.2, 0.25) is 0 Å². The molecule has 0 fully saturated rings. The highest BCUT2D eigenvalue weighted by Gasteiger charge is 2.19. The maximum Gasteiger partial charge on any atom is 0.260 e. The van der Waals surface area contributed by atoms with Crippen LogP contribution in [0.4, 0.5) is 5.82 Å². The summed E-state index contributed by atoms with van der Waals surface area (Å²) in [5.74, 6) is 0.0882. The van der Waals surface area contributed by atoms with Gasteiger partial charge < -0.3 is 5.32 Å². The number of nitrogens with one attached hydrogen (secondary N) is 1. The van der Waals surface area contributed by atoms with Crippen molar-refractivity contribution >= 4 is 23.3 Å². The fourth-order valence-electron chi connectivity index (χ4n) is 2.61. The van der Waals surface area contributed by atoms with Crippen molar-refractivity contribution < 1.29 is 4.79 Å².